The van der Waals surface area contributed by atoms with Gasteiger partial charge in [0.15, 0.2) is 0 Å². The van der Waals surface area contributed by atoms with Crippen LogP contribution in [0.4, 0.5) is 14.5 Å². The van der Waals surface area contributed by atoms with Gasteiger partial charge < -0.3 is 15.4 Å². The number of rotatable bonds is 6. The molecule has 2 rings (SSSR count). The molecular formula is C18H16F2N2O4. The number of carbonyl (C=O) groups is 3. The second-order valence-corrected chi connectivity index (χ2v) is 5.34. The molecule has 8 heteroatoms. The summed E-state index contributed by atoms with van der Waals surface area (Å²) in [5, 5.41) is 4.91. The smallest absolute Gasteiger partial charge is 0.325 e. The molecule has 0 aliphatic rings. The molecule has 2 aromatic rings. The maximum atomic E-state index is 13.2. The van der Waals surface area contributed by atoms with Crippen molar-refractivity contribution in [1.82, 2.24) is 5.32 Å². The molecule has 0 bridgehead atoms. The molecule has 2 aromatic carbocycles. The van der Waals surface area contributed by atoms with E-state index in [4.69, 9.17) is 0 Å². The Morgan fingerprint density at radius 1 is 1.00 bits per heavy atom. The third kappa shape index (κ3) is 5.66. The number of nitrogens with one attached hydrogen (secondary N) is 2. The Morgan fingerprint density at radius 2 is 1.62 bits per heavy atom. The lowest BCUT2D eigenvalue weighted by Crippen LogP contribution is -2.31. The molecule has 0 atom stereocenters. The predicted molar refractivity (Wildman–Crippen MR) is 89.5 cm³/mol. The molecule has 0 aromatic heterocycles. The molecule has 0 saturated carbocycles. The van der Waals surface area contributed by atoms with Crippen molar-refractivity contribution in [3.63, 3.8) is 0 Å². The van der Waals surface area contributed by atoms with Crippen LogP contribution in [0.5, 0.6) is 0 Å². The molecule has 6 nitrogen and oxygen atoms in total. The van der Waals surface area contributed by atoms with Gasteiger partial charge in [-0.1, -0.05) is 12.1 Å². The van der Waals surface area contributed by atoms with Crippen LogP contribution < -0.4 is 10.6 Å². The number of anilines is 1. The number of benzene rings is 2. The van der Waals surface area contributed by atoms with Crippen LogP contribution in [0.15, 0.2) is 42.5 Å². The normalized spacial score (nSPS) is 10.1. The number of halogens is 2. The summed E-state index contributed by atoms with van der Waals surface area (Å²) in [6, 6.07) is 8.86. The first-order valence-electron chi connectivity index (χ1n) is 7.57. The fourth-order valence-electron chi connectivity index (χ4n) is 2.08. The molecule has 0 heterocycles. The summed E-state index contributed by atoms with van der Waals surface area (Å²) in [5.41, 5.74) is 0.911. The van der Waals surface area contributed by atoms with Crippen LogP contribution in [0.1, 0.15) is 15.9 Å². The summed E-state index contributed by atoms with van der Waals surface area (Å²) < 4.78 is 30.7. The van der Waals surface area contributed by atoms with Gasteiger partial charge in [0.05, 0.1) is 13.5 Å². The predicted octanol–water partition coefficient (Wildman–Crippen LogP) is 2.05. The Morgan fingerprint density at radius 3 is 2.19 bits per heavy atom. The third-order valence-electron chi connectivity index (χ3n) is 3.36. The van der Waals surface area contributed by atoms with Gasteiger partial charge in [0.1, 0.15) is 18.2 Å². The first-order valence-corrected chi connectivity index (χ1v) is 7.57. The number of ether oxygens (including phenoxy) is 1. The van der Waals surface area contributed by atoms with Gasteiger partial charge in [0, 0.05) is 17.3 Å². The van der Waals surface area contributed by atoms with E-state index in [1.807, 2.05) is 0 Å². The lowest BCUT2D eigenvalue weighted by Gasteiger charge is -2.07. The van der Waals surface area contributed by atoms with Crippen LogP contribution >= 0.6 is 0 Å². The summed E-state index contributed by atoms with van der Waals surface area (Å²) >= 11 is 0. The van der Waals surface area contributed by atoms with Gasteiger partial charge in [0.25, 0.3) is 5.91 Å². The van der Waals surface area contributed by atoms with E-state index in [9.17, 15) is 23.2 Å². The highest BCUT2D eigenvalue weighted by atomic mass is 19.1. The van der Waals surface area contributed by atoms with Crippen LogP contribution in [0, 0.1) is 11.6 Å². The highest BCUT2D eigenvalue weighted by Gasteiger charge is 2.10. The van der Waals surface area contributed by atoms with E-state index >= 15 is 0 Å². The second-order valence-electron chi connectivity index (χ2n) is 5.34. The monoisotopic (exact) mass is 362 g/mol. The molecule has 0 fully saturated rings. The van der Waals surface area contributed by atoms with Crippen LogP contribution in [-0.2, 0) is 20.7 Å². The van der Waals surface area contributed by atoms with Crippen molar-refractivity contribution in [3.8, 4) is 0 Å². The van der Waals surface area contributed by atoms with Crippen LogP contribution in [0.25, 0.3) is 0 Å². The molecule has 0 radical (unpaired) electrons. The quantitative estimate of drug-likeness (QED) is 0.771. The highest BCUT2D eigenvalue weighted by Crippen LogP contribution is 2.14. The van der Waals surface area contributed by atoms with E-state index in [1.54, 1.807) is 24.3 Å². The van der Waals surface area contributed by atoms with Crippen LogP contribution in [0.2, 0.25) is 0 Å². The fraction of sp³-hybridized carbons (Fsp3) is 0.167. The van der Waals surface area contributed by atoms with Gasteiger partial charge in [-0.2, -0.15) is 0 Å². The van der Waals surface area contributed by atoms with Crippen molar-refractivity contribution in [2.45, 2.75) is 6.42 Å². The van der Waals surface area contributed by atoms with Gasteiger partial charge in [-0.15, -0.1) is 0 Å². The number of hydrogen-bond acceptors (Lipinski definition) is 4. The average Bonchev–Trinajstić information content (AvgIpc) is 2.60. The summed E-state index contributed by atoms with van der Waals surface area (Å²) in [6.07, 6.45) is 0.0420. The summed E-state index contributed by atoms with van der Waals surface area (Å²) in [6.45, 7) is -0.215. The van der Waals surface area contributed by atoms with Gasteiger partial charge in [-0.05, 0) is 29.8 Å². The maximum Gasteiger partial charge on any atom is 0.325 e. The van der Waals surface area contributed by atoms with Gasteiger partial charge in [0.2, 0.25) is 5.91 Å². The average molecular weight is 362 g/mol. The fourth-order valence-corrected chi connectivity index (χ4v) is 2.08. The molecule has 2 amide bonds. The zero-order valence-corrected chi connectivity index (χ0v) is 13.8. The largest absolute Gasteiger partial charge is 0.468 e. The molecule has 0 spiro atoms. The lowest BCUT2D eigenvalue weighted by atomic mass is 10.1. The summed E-state index contributed by atoms with van der Waals surface area (Å²) in [5.74, 6) is -3.26. The Balaban J connectivity index is 1.93. The number of methoxy groups -OCH3 is 1. The molecule has 26 heavy (non-hydrogen) atoms. The topological polar surface area (TPSA) is 84.5 Å². The second kappa shape index (κ2) is 8.70. The van der Waals surface area contributed by atoms with E-state index in [-0.39, 0.29) is 24.4 Å². The Labute approximate surface area is 148 Å². The lowest BCUT2D eigenvalue weighted by molar-refractivity contribution is -0.141. The number of esters is 1. The SMILES string of the molecule is COC(=O)CNC(=O)Cc1ccc(NC(=O)c2cc(F)cc(F)c2)cc1. The molecule has 2 N–H and O–H groups in total. The summed E-state index contributed by atoms with van der Waals surface area (Å²) in [7, 11) is 1.22. The Hall–Kier alpha value is -3.29. The Bertz CT molecular complexity index is 802. The van der Waals surface area contributed by atoms with Crippen molar-refractivity contribution in [2.24, 2.45) is 0 Å². The van der Waals surface area contributed by atoms with Crippen molar-refractivity contribution < 1.29 is 27.9 Å². The minimum atomic E-state index is -0.844. The molecule has 0 saturated heterocycles. The zero-order valence-electron chi connectivity index (χ0n) is 13.8. The van der Waals surface area contributed by atoms with Crippen molar-refractivity contribution >= 4 is 23.5 Å². The van der Waals surface area contributed by atoms with E-state index in [0.29, 0.717) is 17.3 Å². The van der Waals surface area contributed by atoms with E-state index in [2.05, 4.69) is 15.4 Å². The van der Waals surface area contributed by atoms with E-state index in [1.165, 1.54) is 7.11 Å². The standard InChI is InChI=1S/C18H16F2N2O4/c1-26-17(24)10-21-16(23)6-11-2-4-15(5-3-11)22-18(25)12-7-13(19)9-14(20)8-12/h2-5,7-9H,6,10H2,1H3,(H,21,23)(H,22,25). The minimum absolute atomic E-state index is 0.0420. The molecular weight excluding hydrogens is 346 g/mol. The summed E-state index contributed by atoms with van der Waals surface area (Å²) in [4.78, 5) is 34.6. The number of hydrogen-bond donors (Lipinski definition) is 2. The molecule has 0 aliphatic carbocycles. The van der Waals surface area contributed by atoms with E-state index < -0.39 is 23.5 Å². The van der Waals surface area contributed by atoms with Gasteiger partial charge in [-0.25, -0.2) is 8.78 Å². The number of amides is 2. The third-order valence-corrected chi connectivity index (χ3v) is 3.36. The zero-order chi connectivity index (χ0) is 19.1. The van der Waals surface area contributed by atoms with Crippen molar-refractivity contribution in [1.29, 1.82) is 0 Å². The van der Waals surface area contributed by atoms with Gasteiger partial charge in [-0.3, -0.25) is 14.4 Å². The molecule has 136 valence electrons. The van der Waals surface area contributed by atoms with Crippen molar-refractivity contribution in [3.05, 3.63) is 65.2 Å². The highest BCUT2D eigenvalue weighted by molar-refractivity contribution is 6.04. The van der Waals surface area contributed by atoms with E-state index in [0.717, 1.165) is 12.1 Å². The number of carbonyl (C=O) groups excluding carboxylic acids is 3. The van der Waals surface area contributed by atoms with Crippen LogP contribution in [-0.4, -0.2) is 31.4 Å². The molecule has 0 unspecified atom stereocenters. The molecule has 0 aliphatic heterocycles. The van der Waals surface area contributed by atoms with Gasteiger partial charge >= 0.3 is 5.97 Å². The van der Waals surface area contributed by atoms with Crippen molar-refractivity contribution in [2.75, 3.05) is 19.0 Å². The maximum absolute atomic E-state index is 13.2. The Kier molecular flexibility index (Phi) is 6.37. The first kappa shape index (κ1) is 19.0. The first-order chi connectivity index (χ1) is 12.4. The van der Waals surface area contributed by atoms with Crippen LogP contribution in [0.3, 0.4) is 0 Å². The minimum Gasteiger partial charge on any atom is -0.468 e.